The molecule has 4 rings (SSSR count). The maximum atomic E-state index is 12.6. The van der Waals surface area contributed by atoms with E-state index in [9.17, 15) is 13.2 Å². The summed E-state index contributed by atoms with van der Waals surface area (Å²) in [5, 5.41) is 6.46. The minimum atomic E-state index is -3.86. The van der Waals surface area contributed by atoms with Crippen molar-refractivity contribution < 1.29 is 17.7 Å². The van der Waals surface area contributed by atoms with Crippen molar-refractivity contribution in [3.05, 3.63) is 53.6 Å². The fourth-order valence-corrected chi connectivity index (χ4v) is 4.24. The van der Waals surface area contributed by atoms with Crippen LogP contribution in [0.25, 0.3) is 0 Å². The summed E-state index contributed by atoms with van der Waals surface area (Å²) in [6, 6.07) is 7.46. The fourth-order valence-electron chi connectivity index (χ4n) is 3.19. The molecule has 2 N–H and O–H groups in total. The van der Waals surface area contributed by atoms with Gasteiger partial charge in [-0.2, -0.15) is 0 Å². The Hall–Kier alpha value is -3.47. The number of nitrogens with one attached hydrogen (secondary N) is 2. The zero-order valence-electron chi connectivity index (χ0n) is 17.1. The van der Waals surface area contributed by atoms with Gasteiger partial charge in [-0.05, 0) is 51.0 Å². The maximum Gasteiger partial charge on any atom is 0.274 e. The summed E-state index contributed by atoms with van der Waals surface area (Å²) in [6.45, 7) is 5.26. The van der Waals surface area contributed by atoms with E-state index in [2.05, 4.69) is 30.1 Å². The van der Waals surface area contributed by atoms with E-state index in [0.29, 0.717) is 16.9 Å². The van der Waals surface area contributed by atoms with Gasteiger partial charge in [0, 0.05) is 30.4 Å². The normalized spacial score (nSPS) is 13.9. The van der Waals surface area contributed by atoms with Crippen LogP contribution >= 0.6 is 0 Å². The molecule has 0 unspecified atom stereocenters. The lowest BCUT2D eigenvalue weighted by Crippen LogP contribution is -2.21. The minimum absolute atomic E-state index is 0.0253. The first-order valence-corrected chi connectivity index (χ1v) is 11.3. The van der Waals surface area contributed by atoms with Gasteiger partial charge in [-0.25, -0.2) is 23.1 Å². The van der Waals surface area contributed by atoms with Crippen LogP contribution < -0.4 is 14.9 Å². The highest BCUT2D eigenvalue weighted by Gasteiger charge is 2.20. The summed E-state index contributed by atoms with van der Waals surface area (Å²) in [5.74, 6) is 0.403. The number of nitrogens with zero attached hydrogens (tertiary/aromatic N) is 4. The Labute approximate surface area is 179 Å². The molecule has 3 heterocycles. The van der Waals surface area contributed by atoms with Gasteiger partial charge in [0.1, 0.15) is 17.8 Å². The third kappa shape index (κ3) is 4.50. The van der Waals surface area contributed by atoms with Crippen LogP contribution in [0.2, 0.25) is 0 Å². The first kappa shape index (κ1) is 20.8. The number of aryl methyl sites for hydroxylation is 1. The molecule has 31 heavy (non-hydrogen) atoms. The third-order valence-electron chi connectivity index (χ3n) is 5.12. The molecule has 0 bridgehead atoms. The van der Waals surface area contributed by atoms with E-state index >= 15 is 0 Å². The van der Waals surface area contributed by atoms with E-state index in [1.807, 2.05) is 0 Å². The van der Waals surface area contributed by atoms with Gasteiger partial charge in [-0.15, -0.1) is 0 Å². The molecule has 10 nitrogen and oxygen atoms in total. The minimum Gasteiger partial charge on any atom is -0.357 e. The smallest absolute Gasteiger partial charge is 0.274 e. The van der Waals surface area contributed by atoms with Crippen LogP contribution in [0.1, 0.15) is 34.6 Å². The standard InChI is InChI=1S/C20H22N6O4S/c1-13-14(2)24-30-20(13)25-31(28,29)16-7-5-15(6-8-16)23-19(27)17-11-18(22-12-21-17)26-9-3-4-10-26/h5-8,11-12,25H,3-4,9-10H2,1-2H3,(H,23,27). The molecule has 2 aromatic heterocycles. The Balaban J connectivity index is 1.45. The maximum absolute atomic E-state index is 12.6. The predicted octanol–water partition coefficient (Wildman–Crippen LogP) is 2.73. The first-order chi connectivity index (χ1) is 14.8. The molecule has 0 aliphatic carbocycles. The molecule has 1 fully saturated rings. The zero-order valence-corrected chi connectivity index (χ0v) is 17.9. The average Bonchev–Trinajstić information content (AvgIpc) is 3.41. The van der Waals surface area contributed by atoms with Crippen LogP contribution in [0.5, 0.6) is 0 Å². The Morgan fingerprint density at radius 2 is 1.81 bits per heavy atom. The number of carbonyl (C=O) groups is 1. The molecule has 0 spiro atoms. The molecule has 1 aromatic carbocycles. The summed E-state index contributed by atoms with van der Waals surface area (Å²) in [5.41, 5.74) is 1.90. The Morgan fingerprint density at radius 1 is 1.10 bits per heavy atom. The largest absolute Gasteiger partial charge is 0.357 e. The van der Waals surface area contributed by atoms with Crippen molar-refractivity contribution in [2.45, 2.75) is 31.6 Å². The molecule has 0 atom stereocenters. The van der Waals surface area contributed by atoms with Gasteiger partial charge in [0.25, 0.3) is 15.9 Å². The molecular weight excluding hydrogens is 420 g/mol. The molecule has 0 radical (unpaired) electrons. The zero-order chi connectivity index (χ0) is 22.0. The third-order valence-corrected chi connectivity index (χ3v) is 6.47. The monoisotopic (exact) mass is 442 g/mol. The molecule has 1 amide bonds. The quantitative estimate of drug-likeness (QED) is 0.596. The first-order valence-electron chi connectivity index (χ1n) is 9.77. The molecular formula is C20H22N6O4S. The lowest BCUT2D eigenvalue weighted by Gasteiger charge is -2.16. The summed E-state index contributed by atoms with van der Waals surface area (Å²) < 4.78 is 32.5. The highest BCUT2D eigenvalue weighted by Crippen LogP contribution is 2.23. The summed E-state index contributed by atoms with van der Waals surface area (Å²) >= 11 is 0. The fraction of sp³-hybridized carbons (Fsp3) is 0.300. The van der Waals surface area contributed by atoms with Crippen molar-refractivity contribution >= 4 is 33.3 Å². The van der Waals surface area contributed by atoms with Crippen LogP contribution in [0.4, 0.5) is 17.4 Å². The summed E-state index contributed by atoms with van der Waals surface area (Å²) in [4.78, 5) is 23.0. The number of sulfonamides is 1. The SMILES string of the molecule is Cc1noc(NS(=O)(=O)c2ccc(NC(=O)c3cc(N4CCCC4)ncn3)cc2)c1C. The number of amides is 1. The number of rotatable bonds is 6. The van der Waals surface area contributed by atoms with Crippen molar-refractivity contribution in [2.75, 3.05) is 28.0 Å². The van der Waals surface area contributed by atoms with E-state index in [4.69, 9.17) is 4.52 Å². The van der Waals surface area contributed by atoms with E-state index in [-0.39, 0.29) is 16.5 Å². The van der Waals surface area contributed by atoms with E-state index in [1.54, 1.807) is 19.9 Å². The Morgan fingerprint density at radius 3 is 2.45 bits per heavy atom. The molecule has 1 aliphatic heterocycles. The van der Waals surface area contributed by atoms with Crippen LogP contribution in [0, 0.1) is 13.8 Å². The van der Waals surface area contributed by atoms with Gasteiger partial charge in [-0.3, -0.25) is 4.79 Å². The van der Waals surface area contributed by atoms with E-state index < -0.39 is 15.9 Å². The number of hydrogen-bond donors (Lipinski definition) is 2. The lowest BCUT2D eigenvalue weighted by molar-refractivity contribution is 0.102. The van der Waals surface area contributed by atoms with Gasteiger partial charge < -0.3 is 14.7 Å². The van der Waals surface area contributed by atoms with Crippen molar-refractivity contribution in [3.8, 4) is 0 Å². The van der Waals surface area contributed by atoms with Crippen molar-refractivity contribution in [2.24, 2.45) is 0 Å². The number of hydrogen-bond acceptors (Lipinski definition) is 8. The van der Waals surface area contributed by atoms with Gasteiger partial charge in [0.2, 0.25) is 5.88 Å². The van der Waals surface area contributed by atoms with Gasteiger partial charge in [-0.1, -0.05) is 5.16 Å². The van der Waals surface area contributed by atoms with Crippen LogP contribution in [-0.2, 0) is 10.0 Å². The molecule has 0 saturated carbocycles. The number of aromatic nitrogens is 3. The van der Waals surface area contributed by atoms with Crippen LogP contribution in [-0.4, -0.2) is 42.5 Å². The second-order valence-electron chi connectivity index (χ2n) is 7.26. The second-order valence-corrected chi connectivity index (χ2v) is 8.94. The second kappa shape index (κ2) is 8.34. The van der Waals surface area contributed by atoms with E-state index in [0.717, 1.165) is 31.7 Å². The van der Waals surface area contributed by atoms with Crippen molar-refractivity contribution in [1.82, 2.24) is 15.1 Å². The molecule has 1 aliphatic rings. The molecule has 11 heteroatoms. The average molecular weight is 443 g/mol. The lowest BCUT2D eigenvalue weighted by atomic mass is 10.3. The van der Waals surface area contributed by atoms with Crippen LogP contribution in [0.3, 0.4) is 0 Å². The highest BCUT2D eigenvalue weighted by molar-refractivity contribution is 7.92. The molecule has 3 aromatic rings. The Kier molecular flexibility index (Phi) is 5.59. The summed E-state index contributed by atoms with van der Waals surface area (Å²) in [6.07, 6.45) is 3.58. The van der Waals surface area contributed by atoms with Gasteiger partial charge >= 0.3 is 0 Å². The van der Waals surface area contributed by atoms with Gasteiger partial charge in [0.15, 0.2) is 0 Å². The number of benzene rings is 1. The predicted molar refractivity (Wildman–Crippen MR) is 115 cm³/mol. The topological polar surface area (TPSA) is 130 Å². The van der Waals surface area contributed by atoms with E-state index in [1.165, 1.54) is 30.6 Å². The van der Waals surface area contributed by atoms with Crippen LogP contribution in [0.15, 0.2) is 46.1 Å². The number of carbonyl (C=O) groups excluding carboxylic acids is 1. The molecule has 1 saturated heterocycles. The summed E-state index contributed by atoms with van der Waals surface area (Å²) in [7, 11) is -3.86. The highest BCUT2D eigenvalue weighted by atomic mass is 32.2. The number of anilines is 3. The molecule has 162 valence electrons. The van der Waals surface area contributed by atoms with Crippen molar-refractivity contribution in [3.63, 3.8) is 0 Å². The Bertz CT molecular complexity index is 1200. The van der Waals surface area contributed by atoms with Gasteiger partial charge in [0.05, 0.1) is 10.6 Å². The van der Waals surface area contributed by atoms with Crippen molar-refractivity contribution in [1.29, 1.82) is 0 Å².